The predicted octanol–water partition coefficient (Wildman–Crippen LogP) is 3.00. The van der Waals surface area contributed by atoms with E-state index in [1.165, 1.54) is 0 Å². The average Bonchev–Trinajstić information content (AvgIpc) is 3.57. The summed E-state index contributed by atoms with van der Waals surface area (Å²) in [7, 11) is 5.91. The summed E-state index contributed by atoms with van der Waals surface area (Å²) in [5, 5.41) is 10.5. The second kappa shape index (κ2) is 14.9. The number of amides is 3. The predicted molar refractivity (Wildman–Crippen MR) is 160 cm³/mol. The van der Waals surface area contributed by atoms with Crippen molar-refractivity contribution in [1.82, 2.24) is 24.5 Å². The van der Waals surface area contributed by atoms with Gasteiger partial charge in [-0.15, -0.1) is 0 Å². The Balaban J connectivity index is 1.54. The molecule has 3 amide bonds. The summed E-state index contributed by atoms with van der Waals surface area (Å²) < 4.78 is 11.1. The molecule has 0 aromatic heterocycles. The van der Waals surface area contributed by atoms with Gasteiger partial charge >= 0.3 is 12.0 Å². The molecular formula is C31H49N5O6. The number of carbonyl (C=O) groups excluding carboxylic acids is 2. The van der Waals surface area contributed by atoms with E-state index in [4.69, 9.17) is 9.47 Å². The highest BCUT2D eigenvalue weighted by atomic mass is 16.7. The Morgan fingerprint density at radius 1 is 1.05 bits per heavy atom. The lowest BCUT2D eigenvalue weighted by Gasteiger charge is -2.35. The molecule has 0 radical (unpaired) electrons. The number of benzene rings is 1. The van der Waals surface area contributed by atoms with Crippen molar-refractivity contribution in [3.8, 4) is 11.5 Å². The van der Waals surface area contributed by atoms with E-state index < -0.39 is 11.9 Å². The van der Waals surface area contributed by atoms with E-state index in [2.05, 4.69) is 30.8 Å². The molecule has 3 atom stereocenters. The smallest absolute Gasteiger partial charge is 0.319 e. The molecule has 234 valence electrons. The lowest BCUT2D eigenvalue weighted by molar-refractivity contribution is -0.144. The van der Waals surface area contributed by atoms with Crippen molar-refractivity contribution in [2.45, 2.75) is 57.4 Å². The normalized spacial score (nSPS) is 22.3. The molecule has 11 heteroatoms. The van der Waals surface area contributed by atoms with Gasteiger partial charge in [-0.25, -0.2) is 4.79 Å². The number of carboxylic acids is 1. The molecule has 0 spiro atoms. The van der Waals surface area contributed by atoms with Gasteiger partial charge in [-0.05, 0) is 70.4 Å². The zero-order chi connectivity index (χ0) is 30.2. The number of hydrogen-bond acceptors (Lipinski definition) is 7. The van der Waals surface area contributed by atoms with Crippen LogP contribution in [0.3, 0.4) is 0 Å². The fraction of sp³-hybridized carbons (Fsp3) is 0.710. The van der Waals surface area contributed by atoms with Gasteiger partial charge in [0.15, 0.2) is 11.5 Å². The molecule has 2 saturated heterocycles. The SMILES string of the molecule is CCCCN(CCCCN(C)C)C(=O)CN1C[C@H](c2ccc3c(c2)OCO3)C(C(=O)O)[C@@H]1CCN1CCCN(C)C1=O. The Morgan fingerprint density at radius 3 is 2.52 bits per heavy atom. The number of likely N-dealkylation sites (tertiary alicyclic amines) is 1. The molecule has 3 aliphatic heterocycles. The van der Waals surface area contributed by atoms with Crippen LogP contribution in [0.2, 0.25) is 0 Å². The van der Waals surface area contributed by atoms with Gasteiger partial charge in [0.05, 0.1) is 12.5 Å². The Bertz CT molecular complexity index is 1080. The Morgan fingerprint density at radius 2 is 1.79 bits per heavy atom. The Kier molecular flexibility index (Phi) is 11.3. The van der Waals surface area contributed by atoms with Crippen LogP contribution < -0.4 is 9.47 Å². The van der Waals surface area contributed by atoms with E-state index >= 15 is 0 Å². The molecule has 3 heterocycles. The minimum absolute atomic E-state index is 0.0236. The summed E-state index contributed by atoms with van der Waals surface area (Å²) in [6, 6.07) is 5.22. The summed E-state index contributed by atoms with van der Waals surface area (Å²) in [5.74, 6) is -0.610. The number of hydrogen-bond donors (Lipinski definition) is 1. The minimum Gasteiger partial charge on any atom is -0.481 e. The Labute approximate surface area is 250 Å². The first-order valence-corrected chi connectivity index (χ1v) is 15.5. The van der Waals surface area contributed by atoms with E-state index in [9.17, 15) is 19.5 Å². The standard InChI is InChI=1S/C31H49N5O6/c1-5-6-15-34(16-8-7-13-32(2)3)28(37)21-36-20-24(23-10-11-26-27(19-23)42-22-41-26)29(30(38)39)25(36)12-18-35-17-9-14-33(4)31(35)40/h10-11,19,24-25,29H,5-9,12-18,20-22H2,1-4H3,(H,38,39)/t24-,25+,29?/m1/s1. The number of nitrogens with zero attached hydrogens (tertiary/aromatic N) is 5. The van der Waals surface area contributed by atoms with Crippen molar-refractivity contribution >= 4 is 17.9 Å². The third kappa shape index (κ3) is 7.86. The molecule has 1 unspecified atom stereocenters. The molecule has 1 aromatic rings. The number of fused-ring (bicyclic) bond motifs is 1. The van der Waals surface area contributed by atoms with Gasteiger partial charge in [0.25, 0.3) is 0 Å². The second-order valence-corrected chi connectivity index (χ2v) is 12.2. The van der Waals surface area contributed by atoms with Gasteiger partial charge in [0, 0.05) is 58.3 Å². The van der Waals surface area contributed by atoms with Crippen molar-refractivity contribution in [2.24, 2.45) is 5.92 Å². The molecule has 1 aromatic carbocycles. The number of ether oxygens (including phenoxy) is 2. The van der Waals surface area contributed by atoms with Gasteiger partial charge in [-0.1, -0.05) is 19.4 Å². The van der Waals surface area contributed by atoms with Crippen molar-refractivity contribution in [1.29, 1.82) is 0 Å². The van der Waals surface area contributed by atoms with Crippen molar-refractivity contribution in [2.75, 3.05) is 80.3 Å². The monoisotopic (exact) mass is 587 g/mol. The van der Waals surface area contributed by atoms with Crippen LogP contribution in [0.25, 0.3) is 0 Å². The number of unbranched alkanes of at least 4 members (excludes halogenated alkanes) is 2. The van der Waals surface area contributed by atoms with Crippen molar-refractivity contribution in [3.05, 3.63) is 23.8 Å². The number of aliphatic carboxylic acids is 1. The van der Waals surface area contributed by atoms with Gasteiger partial charge in [-0.2, -0.15) is 0 Å². The maximum absolute atomic E-state index is 13.8. The summed E-state index contributed by atoms with van der Waals surface area (Å²) in [6.07, 6.45) is 5.25. The van der Waals surface area contributed by atoms with E-state index in [1.54, 1.807) is 11.9 Å². The lowest BCUT2D eigenvalue weighted by atomic mass is 9.84. The van der Waals surface area contributed by atoms with Crippen LogP contribution >= 0.6 is 0 Å². The topological polar surface area (TPSA) is 106 Å². The molecule has 42 heavy (non-hydrogen) atoms. The number of carbonyl (C=O) groups is 3. The maximum atomic E-state index is 13.8. The highest BCUT2D eigenvalue weighted by molar-refractivity contribution is 5.79. The zero-order valence-electron chi connectivity index (χ0n) is 25.8. The lowest BCUT2D eigenvalue weighted by Crippen LogP contribution is -2.50. The zero-order valence-corrected chi connectivity index (χ0v) is 25.8. The maximum Gasteiger partial charge on any atom is 0.319 e. The molecule has 4 rings (SSSR count). The number of urea groups is 1. The van der Waals surface area contributed by atoms with E-state index in [-0.39, 0.29) is 37.2 Å². The third-order valence-electron chi connectivity index (χ3n) is 8.83. The van der Waals surface area contributed by atoms with Crippen LogP contribution in [-0.2, 0) is 9.59 Å². The van der Waals surface area contributed by atoms with Gasteiger partial charge < -0.3 is 34.2 Å². The van der Waals surface area contributed by atoms with Crippen molar-refractivity contribution in [3.63, 3.8) is 0 Å². The van der Waals surface area contributed by atoms with Crippen molar-refractivity contribution < 1.29 is 29.0 Å². The molecule has 0 bridgehead atoms. The van der Waals surface area contributed by atoms with E-state index in [1.807, 2.05) is 28.0 Å². The molecule has 0 saturated carbocycles. The molecule has 0 aliphatic carbocycles. The quantitative estimate of drug-likeness (QED) is 0.312. The minimum atomic E-state index is -0.883. The van der Waals surface area contributed by atoms with Crippen LogP contribution in [0, 0.1) is 5.92 Å². The second-order valence-electron chi connectivity index (χ2n) is 12.2. The summed E-state index contributed by atoms with van der Waals surface area (Å²) in [4.78, 5) is 49.1. The fourth-order valence-corrected chi connectivity index (χ4v) is 6.48. The van der Waals surface area contributed by atoms with Gasteiger partial charge in [0.1, 0.15) is 0 Å². The van der Waals surface area contributed by atoms with Crippen LogP contribution in [-0.4, -0.2) is 134 Å². The Hall–Kier alpha value is -3.05. The highest BCUT2D eigenvalue weighted by Gasteiger charge is 2.47. The average molecular weight is 588 g/mol. The molecule has 2 fully saturated rings. The molecule has 1 N–H and O–H groups in total. The first-order chi connectivity index (χ1) is 20.2. The fourth-order valence-electron chi connectivity index (χ4n) is 6.48. The highest BCUT2D eigenvalue weighted by Crippen LogP contribution is 2.42. The first kappa shape index (κ1) is 31.9. The van der Waals surface area contributed by atoms with Crippen LogP contribution in [0.5, 0.6) is 11.5 Å². The van der Waals surface area contributed by atoms with Gasteiger partial charge in [0.2, 0.25) is 12.7 Å². The van der Waals surface area contributed by atoms with E-state index in [0.717, 1.165) is 50.8 Å². The number of rotatable bonds is 15. The molecule has 11 nitrogen and oxygen atoms in total. The first-order valence-electron chi connectivity index (χ1n) is 15.5. The van der Waals surface area contributed by atoms with Crippen LogP contribution in [0.4, 0.5) is 4.79 Å². The molecular weight excluding hydrogens is 538 g/mol. The summed E-state index contributed by atoms with van der Waals surface area (Å²) >= 11 is 0. The summed E-state index contributed by atoms with van der Waals surface area (Å²) in [6.45, 7) is 7.12. The van der Waals surface area contributed by atoms with Crippen LogP contribution in [0.1, 0.15) is 56.9 Å². The third-order valence-corrected chi connectivity index (χ3v) is 8.83. The summed E-state index contributed by atoms with van der Waals surface area (Å²) in [5.41, 5.74) is 0.868. The number of carboxylic acid groups (broad SMARTS) is 1. The largest absolute Gasteiger partial charge is 0.481 e. The van der Waals surface area contributed by atoms with Crippen LogP contribution in [0.15, 0.2) is 18.2 Å². The van der Waals surface area contributed by atoms with E-state index in [0.29, 0.717) is 50.6 Å². The molecule has 3 aliphatic rings. The van der Waals surface area contributed by atoms with Gasteiger partial charge in [-0.3, -0.25) is 14.5 Å².